The van der Waals surface area contributed by atoms with Crippen molar-refractivity contribution >= 4 is 9.84 Å². The van der Waals surface area contributed by atoms with E-state index in [1.54, 1.807) is 0 Å². The average molecular weight is 334 g/mol. The van der Waals surface area contributed by atoms with E-state index < -0.39 is 9.84 Å². The van der Waals surface area contributed by atoms with E-state index in [-0.39, 0.29) is 17.2 Å². The van der Waals surface area contributed by atoms with Gasteiger partial charge in [-0.05, 0) is 23.0 Å². The van der Waals surface area contributed by atoms with Gasteiger partial charge in [-0.15, -0.1) is 0 Å². The molecule has 1 aromatic heterocycles. The Labute approximate surface area is 136 Å². The highest BCUT2D eigenvalue weighted by Crippen LogP contribution is 2.44. The minimum absolute atomic E-state index is 0.112. The summed E-state index contributed by atoms with van der Waals surface area (Å²) >= 11 is 0. The van der Waals surface area contributed by atoms with Crippen LogP contribution in [-0.4, -0.2) is 29.9 Å². The zero-order valence-corrected chi connectivity index (χ0v) is 14.4. The minimum atomic E-state index is -3.10. The van der Waals surface area contributed by atoms with Crippen molar-refractivity contribution in [2.45, 2.75) is 44.0 Å². The summed E-state index contributed by atoms with van der Waals surface area (Å²) in [5.74, 6) is 0.863. The predicted molar refractivity (Wildman–Crippen MR) is 88.6 cm³/mol. The van der Waals surface area contributed by atoms with Crippen LogP contribution in [0.4, 0.5) is 0 Å². The maximum absolute atomic E-state index is 11.3. The van der Waals surface area contributed by atoms with Gasteiger partial charge in [0.15, 0.2) is 15.7 Å². The number of hydrogen-bond donors (Lipinski definition) is 2. The Hall–Kier alpha value is -1.73. The highest BCUT2D eigenvalue weighted by molar-refractivity contribution is 7.89. The normalized spacial score (nSPS) is 19.7. The maximum Gasteiger partial charge on any atom is 0.164 e. The predicted octanol–water partition coefficient (Wildman–Crippen LogP) is 1.86. The monoisotopic (exact) mass is 334 g/mol. The van der Waals surface area contributed by atoms with Crippen LogP contribution in [0, 0.1) is 0 Å². The molecular formula is C16H22N4O2S. The molecule has 1 aromatic carbocycles. The molecule has 0 saturated carbocycles. The van der Waals surface area contributed by atoms with Crippen molar-refractivity contribution in [3.8, 4) is 0 Å². The number of benzene rings is 1. The third kappa shape index (κ3) is 3.61. The largest absolute Gasteiger partial charge is 0.303 e. The summed E-state index contributed by atoms with van der Waals surface area (Å²) in [6, 6.07) is 8.75. The SMILES string of the molecule is CC1(C)CC(NCc2n[nH]c(CS(C)(=O)=O)n2)c2ccccc21. The van der Waals surface area contributed by atoms with E-state index >= 15 is 0 Å². The molecular weight excluding hydrogens is 312 g/mol. The maximum atomic E-state index is 11.3. The zero-order valence-electron chi connectivity index (χ0n) is 13.6. The van der Waals surface area contributed by atoms with Crippen LogP contribution in [0.25, 0.3) is 0 Å². The molecule has 1 heterocycles. The second kappa shape index (κ2) is 5.72. The summed E-state index contributed by atoms with van der Waals surface area (Å²) in [5, 5.41) is 10.3. The molecule has 124 valence electrons. The molecule has 0 aliphatic heterocycles. The quantitative estimate of drug-likeness (QED) is 0.871. The van der Waals surface area contributed by atoms with E-state index in [9.17, 15) is 8.42 Å². The molecule has 1 aliphatic rings. The van der Waals surface area contributed by atoms with E-state index in [1.165, 1.54) is 17.4 Å². The van der Waals surface area contributed by atoms with Gasteiger partial charge in [0.05, 0.1) is 6.54 Å². The highest BCUT2D eigenvalue weighted by Gasteiger charge is 2.36. The van der Waals surface area contributed by atoms with E-state index in [4.69, 9.17) is 0 Å². The molecule has 1 unspecified atom stereocenters. The summed E-state index contributed by atoms with van der Waals surface area (Å²) < 4.78 is 22.6. The summed E-state index contributed by atoms with van der Waals surface area (Å²) in [6.45, 7) is 5.02. The van der Waals surface area contributed by atoms with Gasteiger partial charge in [0.1, 0.15) is 11.6 Å². The molecule has 0 bridgehead atoms. The van der Waals surface area contributed by atoms with E-state index in [0.717, 1.165) is 6.42 Å². The number of aromatic amines is 1. The molecule has 1 atom stereocenters. The molecule has 0 spiro atoms. The van der Waals surface area contributed by atoms with Gasteiger partial charge in [0.25, 0.3) is 0 Å². The fourth-order valence-corrected chi connectivity index (χ4v) is 3.90. The lowest BCUT2D eigenvalue weighted by Crippen LogP contribution is -2.21. The van der Waals surface area contributed by atoms with Crippen molar-refractivity contribution in [1.29, 1.82) is 0 Å². The Kier molecular flexibility index (Phi) is 4.01. The fourth-order valence-electron chi connectivity index (χ4n) is 3.27. The van der Waals surface area contributed by atoms with Gasteiger partial charge in [0, 0.05) is 12.3 Å². The molecule has 23 heavy (non-hydrogen) atoms. The highest BCUT2D eigenvalue weighted by atomic mass is 32.2. The minimum Gasteiger partial charge on any atom is -0.303 e. The van der Waals surface area contributed by atoms with E-state index in [1.807, 2.05) is 0 Å². The molecule has 1 aliphatic carbocycles. The van der Waals surface area contributed by atoms with Crippen molar-refractivity contribution < 1.29 is 8.42 Å². The van der Waals surface area contributed by atoms with Crippen LogP contribution in [0.1, 0.15) is 49.1 Å². The van der Waals surface area contributed by atoms with Crippen LogP contribution in [0.3, 0.4) is 0 Å². The number of fused-ring (bicyclic) bond motifs is 1. The number of sulfone groups is 1. The van der Waals surface area contributed by atoms with Gasteiger partial charge in [-0.1, -0.05) is 38.1 Å². The molecule has 0 fully saturated rings. The van der Waals surface area contributed by atoms with Crippen LogP contribution >= 0.6 is 0 Å². The molecule has 3 rings (SSSR count). The Balaban J connectivity index is 1.68. The lowest BCUT2D eigenvalue weighted by atomic mass is 9.86. The van der Waals surface area contributed by atoms with Crippen LogP contribution in [-0.2, 0) is 27.5 Å². The van der Waals surface area contributed by atoms with Crippen molar-refractivity contribution in [2.24, 2.45) is 0 Å². The van der Waals surface area contributed by atoms with Crippen LogP contribution in [0.5, 0.6) is 0 Å². The Morgan fingerprint density at radius 3 is 2.83 bits per heavy atom. The molecule has 0 amide bonds. The molecule has 2 aromatic rings. The molecule has 0 saturated heterocycles. The van der Waals surface area contributed by atoms with Gasteiger partial charge in [0.2, 0.25) is 0 Å². The fraction of sp³-hybridized carbons (Fsp3) is 0.500. The smallest absolute Gasteiger partial charge is 0.164 e. The van der Waals surface area contributed by atoms with E-state index in [0.29, 0.717) is 18.2 Å². The first-order chi connectivity index (χ1) is 10.7. The standard InChI is InChI=1S/C16H22N4O2S/c1-16(2)8-13(11-6-4-5-7-12(11)16)17-9-14-18-15(20-19-14)10-23(3,21)22/h4-7,13,17H,8-10H2,1-3H3,(H,18,19,20). The van der Waals surface area contributed by atoms with Crippen molar-refractivity contribution in [3.63, 3.8) is 0 Å². The second-order valence-corrected chi connectivity index (χ2v) is 9.02. The summed E-state index contributed by atoms with van der Waals surface area (Å²) in [4.78, 5) is 4.24. The van der Waals surface area contributed by atoms with Gasteiger partial charge in [-0.25, -0.2) is 13.4 Å². The summed E-state index contributed by atoms with van der Waals surface area (Å²) in [6.07, 6.45) is 2.21. The van der Waals surface area contributed by atoms with Crippen LogP contribution in [0.15, 0.2) is 24.3 Å². The van der Waals surface area contributed by atoms with E-state index in [2.05, 4.69) is 58.6 Å². The first-order valence-corrected chi connectivity index (χ1v) is 9.71. The van der Waals surface area contributed by atoms with Gasteiger partial charge in [-0.3, -0.25) is 5.10 Å². The third-order valence-electron chi connectivity index (χ3n) is 4.26. The average Bonchev–Trinajstić information content (AvgIpc) is 2.98. The number of aromatic nitrogens is 3. The van der Waals surface area contributed by atoms with Gasteiger partial charge < -0.3 is 5.32 Å². The van der Waals surface area contributed by atoms with Crippen LogP contribution < -0.4 is 5.32 Å². The first-order valence-electron chi connectivity index (χ1n) is 7.65. The van der Waals surface area contributed by atoms with Crippen molar-refractivity contribution in [3.05, 3.63) is 47.0 Å². The number of hydrogen-bond acceptors (Lipinski definition) is 5. The zero-order chi connectivity index (χ0) is 16.7. The number of nitrogens with zero attached hydrogens (tertiary/aromatic N) is 2. The molecule has 7 heteroatoms. The Bertz CT molecular complexity index is 811. The topological polar surface area (TPSA) is 87.7 Å². The van der Waals surface area contributed by atoms with Crippen molar-refractivity contribution in [2.75, 3.05) is 6.26 Å². The Morgan fingerprint density at radius 2 is 2.09 bits per heavy atom. The lowest BCUT2D eigenvalue weighted by Gasteiger charge is -2.19. The van der Waals surface area contributed by atoms with Crippen molar-refractivity contribution in [1.82, 2.24) is 20.5 Å². The Morgan fingerprint density at radius 1 is 1.35 bits per heavy atom. The number of rotatable bonds is 5. The number of nitrogens with one attached hydrogen (secondary N) is 2. The van der Waals surface area contributed by atoms with Crippen LogP contribution in [0.2, 0.25) is 0 Å². The molecule has 2 N–H and O–H groups in total. The molecule has 0 radical (unpaired) electrons. The van der Waals surface area contributed by atoms with Gasteiger partial charge in [-0.2, -0.15) is 5.10 Å². The second-order valence-electron chi connectivity index (χ2n) is 6.88. The third-order valence-corrected chi connectivity index (χ3v) is 5.06. The first kappa shape index (κ1) is 16.1. The summed E-state index contributed by atoms with van der Waals surface area (Å²) in [5.41, 5.74) is 2.85. The lowest BCUT2D eigenvalue weighted by molar-refractivity contribution is 0.422. The number of H-pyrrole nitrogens is 1. The summed E-state index contributed by atoms with van der Waals surface area (Å²) in [7, 11) is -3.10. The van der Waals surface area contributed by atoms with Gasteiger partial charge >= 0.3 is 0 Å². The molecule has 6 nitrogen and oxygen atoms in total.